The molecule has 0 aliphatic carbocycles. The zero-order chi connectivity index (χ0) is 13.1. The SMILES string of the molecule is Cc1ccc(Oc2nnccc2C(=N)N)cc1F. The monoisotopic (exact) mass is 246 g/mol. The van der Waals surface area contributed by atoms with E-state index >= 15 is 0 Å². The summed E-state index contributed by atoms with van der Waals surface area (Å²) in [5.41, 5.74) is 6.22. The normalized spacial score (nSPS) is 10.1. The molecule has 0 saturated heterocycles. The van der Waals surface area contributed by atoms with Gasteiger partial charge < -0.3 is 10.5 Å². The van der Waals surface area contributed by atoms with Gasteiger partial charge in [0, 0.05) is 6.07 Å². The van der Waals surface area contributed by atoms with Crippen molar-refractivity contribution in [1.29, 1.82) is 5.41 Å². The first-order valence-corrected chi connectivity index (χ1v) is 5.18. The van der Waals surface area contributed by atoms with Crippen LogP contribution in [0.4, 0.5) is 4.39 Å². The molecule has 1 aromatic carbocycles. The van der Waals surface area contributed by atoms with Gasteiger partial charge in [0.15, 0.2) is 0 Å². The number of ether oxygens (including phenoxy) is 1. The number of hydrogen-bond acceptors (Lipinski definition) is 4. The molecule has 0 bridgehead atoms. The molecule has 92 valence electrons. The van der Waals surface area contributed by atoms with Crippen molar-refractivity contribution < 1.29 is 9.13 Å². The molecule has 2 aromatic rings. The Morgan fingerprint density at radius 3 is 2.83 bits per heavy atom. The molecular weight excluding hydrogens is 235 g/mol. The van der Waals surface area contributed by atoms with Crippen molar-refractivity contribution in [1.82, 2.24) is 10.2 Å². The Balaban J connectivity index is 2.34. The number of nitrogens with zero attached hydrogens (tertiary/aromatic N) is 2. The summed E-state index contributed by atoms with van der Waals surface area (Å²) in [6, 6.07) is 5.95. The van der Waals surface area contributed by atoms with Crippen LogP contribution in [0.15, 0.2) is 30.5 Å². The predicted molar refractivity (Wildman–Crippen MR) is 64.3 cm³/mol. The highest BCUT2D eigenvalue weighted by Gasteiger charge is 2.10. The molecule has 1 heterocycles. The molecule has 0 aliphatic rings. The van der Waals surface area contributed by atoms with Gasteiger partial charge in [-0.05, 0) is 24.6 Å². The van der Waals surface area contributed by atoms with Crippen molar-refractivity contribution in [3.8, 4) is 11.6 Å². The standard InChI is InChI=1S/C12H11FN4O/c1-7-2-3-8(6-10(7)13)18-12-9(11(14)15)4-5-16-17-12/h2-6H,1H3,(H3,14,15). The lowest BCUT2D eigenvalue weighted by Gasteiger charge is -2.08. The van der Waals surface area contributed by atoms with Crippen molar-refractivity contribution in [2.24, 2.45) is 5.73 Å². The van der Waals surface area contributed by atoms with Gasteiger partial charge in [-0.2, -0.15) is 5.10 Å². The molecule has 5 nitrogen and oxygen atoms in total. The Morgan fingerprint density at radius 2 is 2.17 bits per heavy atom. The van der Waals surface area contributed by atoms with Crippen molar-refractivity contribution in [3.63, 3.8) is 0 Å². The van der Waals surface area contributed by atoms with Crippen LogP contribution in [0.2, 0.25) is 0 Å². The predicted octanol–water partition coefficient (Wildman–Crippen LogP) is 2.00. The molecule has 0 spiro atoms. The molecule has 3 N–H and O–H groups in total. The van der Waals surface area contributed by atoms with Crippen LogP contribution in [0, 0.1) is 18.2 Å². The summed E-state index contributed by atoms with van der Waals surface area (Å²) in [5, 5.41) is 14.7. The molecule has 1 aromatic heterocycles. The third-order valence-electron chi connectivity index (χ3n) is 2.33. The number of nitrogens with one attached hydrogen (secondary N) is 1. The maximum Gasteiger partial charge on any atom is 0.249 e. The Hall–Kier alpha value is -2.50. The molecule has 6 heteroatoms. The van der Waals surface area contributed by atoms with E-state index in [1.807, 2.05) is 0 Å². The van der Waals surface area contributed by atoms with Gasteiger partial charge in [0.2, 0.25) is 5.88 Å². The Bertz CT molecular complexity index is 600. The van der Waals surface area contributed by atoms with E-state index < -0.39 is 0 Å². The Morgan fingerprint density at radius 1 is 1.39 bits per heavy atom. The smallest absolute Gasteiger partial charge is 0.249 e. The minimum atomic E-state index is -0.374. The molecule has 0 unspecified atom stereocenters. The Labute approximate surface area is 103 Å². The van der Waals surface area contributed by atoms with Crippen molar-refractivity contribution in [3.05, 3.63) is 47.4 Å². The van der Waals surface area contributed by atoms with Crippen LogP contribution in [0.1, 0.15) is 11.1 Å². The average Bonchev–Trinajstić information content (AvgIpc) is 2.34. The van der Waals surface area contributed by atoms with E-state index in [1.54, 1.807) is 19.1 Å². The van der Waals surface area contributed by atoms with Gasteiger partial charge >= 0.3 is 0 Å². The zero-order valence-electron chi connectivity index (χ0n) is 9.64. The van der Waals surface area contributed by atoms with Gasteiger partial charge in [0.25, 0.3) is 0 Å². The van der Waals surface area contributed by atoms with Gasteiger partial charge in [-0.15, -0.1) is 5.10 Å². The van der Waals surface area contributed by atoms with Crippen LogP contribution in [0.25, 0.3) is 0 Å². The van der Waals surface area contributed by atoms with Crippen LogP contribution in [0.5, 0.6) is 11.6 Å². The van der Waals surface area contributed by atoms with Crippen molar-refractivity contribution >= 4 is 5.84 Å². The van der Waals surface area contributed by atoms with E-state index in [-0.39, 0.29) is 23.3 Å². The van der Waals surface area contributed by atoms with E-state index in [4.69, 9.17) is 15.9 Å². The number of nitrogens with two attached hydrogens (primary N) is 1. The number of aromatic nitrogens is 2. The van der Waals surface area contributed by atoms with Crippen LogP contribution in [-0.2, 0) is 0 Å². The third-order valence-corrected chi connectivity index (χ3v) is 2.33. The van der Waals surface area contributed by atoms with Crippen LogP contribution < -0.4 is 10.5 Å². The number of amidine groups is 1. The zero-order valence-corrected chi connectivity index (χ0v) is 9.64. The number of nitrogen functional groups attached to an aromatic ring is 1. The first-order valence-electron chi connectivity index (χ1n) is 5.18. The fourth-order valence-corrected chi connectivity index (χ4v) is 1.35. The van der Waals surface area contributed by atoms with Crippen LogP contribution >= 0.6 is 0 Å². The molecule has 0 amide bonds. The van der Waals surface area contributed by atoms with E-state index in [2.05, 4.69) is 10.2 Å². The molecule has 0 radical (unpaired) electrons. The second kappa shape index (κ2) is 4.79. The summed E-state index contributed by atoms with van der Waals surface area (Å²) < 4.78 is 18.7. The van der Waals surface area contributed by atoms with E-state index in [0.717, 1.165) is 0 Å². The van der Waals surface area contributed by atoms with Gasteiger partial charge in [-0.25, -0.2) is 4.39 Å². The first-order chi connectivity index (χ1) is 8.58. The van der Waals surface area contributed by atoms with Gasteiger partial charge in [-0.1, -0.05) is 6.07 Å². The number of hydrogen-bond donors (Lipinski definition) is 2. The lowest BCUT2D eigenvalue weighted by molar-refractivity contribution is 0.449. The largest absolute Gasteiger partial charge is 0.437 e. The van der Waals surface area contributed by atoms with Crippen molar-refractivity contribution in [2.75, 3.05) is 0 Å². The van der Waals surface area contributed by atoms with Gasteiger partial charge in [-0.3, -0.25) is 5.41 Å². The van der Waals surface area contributed by atoms with E-state index in [1.165, 1.54) is 18.3 Å². The second-order valence-corrected chi connectivity index (χ2v) is 3.68. The molecule has 18 heavy (non-hydrogen) atoms. The maximum atomic E-state index is 13.4. The quantitative estimate of drug-likeness (QED) is 0.640. The fourth-order valence-electron chi connectivity index (χ4n) is 1.35. The van der Waals surface area contributed by atoms with E-state index in [0.29, 0.717) is 11.1 Å². The summed E-state index contributed by atoms with van der Waals surface area (Å²) >= 11 is 0. The van der Waals surface area contributed by atoms with Crippen molar-refractivity contribution in [2.45, 2.75) is 6.92 Å². The van der Waals surface area contributed by atoms with Gasteiger partial charge in [0.1, 0.15) is 17.4 Å². The minimum Gasteiger partial charge on any atom is -0.437 e. The maximum absolute atomic E-state index is 13.4. The van der Waals surface area contributed by atoms with Gasteiger partial charge in [0.05, 0.1) is 11.8 Å². The summed E-state index contributed by atoms with van der Waals surface area (Å²) in [5.74, 6) is -0.206. The molecule has 0 aliphatic heterocycles. The number of rotatable bonds is 3. The average molecular weight is 246 g/mol. The molecule has 2 rings (SSSR count). The number of benzene rings is 1. The van der Waals surface area contributed by atoms with Crippen LogP contribution in [-0.4, -0.2) is 16.0 Å². The highest BCUT2D eigenvalue weighted by atomic mass is 19.1. The molecule has 0 atom stereocenters. The topological polar surface area (TPSA) is 84.9 Å². The second-order valence-electron chi connectivity index (χ2n) is 3.68. The molecular formula is C12H11FN4O. The summed E-state index contributed by atoms with van der Waals surface area (Å²) in [4.78, 5) is 0. The minimum absolute atomic E-state index is 0.0771. The molecule has 0 fully saturated rings. The lowest BCUT2D eigenvalue weighted by Crippen LogP contribution is -2.13. The summed E-state index contributed by atoms with van der Waals surface area (Å²) in [7, 11) is 0. The summed E-state index contributed by atoms with van der Waals surface area (Å²) in [6.45, 7) is 1.66. The summed E-state index contributed by atoms with van der Waals surface area (Å²) in [6.07, 6.45) is 1.40. The number of aryl methyl sites for hydroxylation is 1. The lowest BCUT2D eigenvalue weighted by atomic mass is 10.2. The molecule has 0 saturated carbocycles. The van der Waals surface area contributed by atoms with Crippen LogP contribution in [0.3, 0.4) is 0 Å². The first kappa shape index (κ1) is 12.0. The third kappa shape index (κ3) is 2.42. The highest BCUT2D eigenvalue weighted by molar-refractivity contribution is 5.96. The highest BCUT2D eigenvalue weighted by Crippen LogP contribution is 2.23. The van der Waals surface area contributed by atoms with E-state index in [9.17, 15) is 4.39 Å². The Kier molecular flexibility index (Phi) is 3.18. The number of halogens is 1. The fraction of sp³-hybridized carbons (Fsp3) is 0.0833.